The monoisotopic (exact) mass is 445 g/mol. The van der Waals surface area contributed by atoms with Gasteiger partial charge in [-0.15, -0.1) is 0 Å². The first-order valence-corrected chi connectivity index (χ1v) is 10.8. The van der Waals surface area contributed by atoms with E-state index in [1.54, 1.807) is 55.5 Å². The number of aromatic nitrogens is 1. The maximum absolute atomic E-state index is 14.1. The second-order valence-electron chi connectivity index (χ2n) is 9.17. The number of hydrogen-bond donors (Lipinski definition) is 3. The Labute approximate surface area is 190 Å². The molecule has 0 atom stereocenters. The number of aromatic hydroxyl groups is 1. The minimum absolute atomic E-state index is 0.104. The lowest BCUT2D eigenvalue weighted by molar-refractivity contribution is 0.0249. The Morgan fingerprint density at radius 3 is 2.39 bits per heavy atom. The SMILES string of the molecule is Cc1cc(-n2c(C3(C)CC(O)C3)c(-c3ccc(C(=O)O)cc3)c3c(O)cccc32)ccc1F. The number of fused-ring (bicyclic) bond motifs is 1. The highest BCUT2D eigenvalue weighted by molar-refractivity contribution is 6.04. The third-order valence-electron chi connectivity index (χ3n) is 6.74. The van der Waals surface area contributed by atoms with Crippen molar-refractivity contribution in [1.29, 1.82) is 0 Å². The number of halogens is 1. The van der Waals surface area contributed by atoms with E-state index in [0.717, 1.165) is 28.0 Å². The Hall–Kier alpha value is -3.64. The van der Waals surface area contributed by atoms with Crippen LogP contribution in [0, 0.1) is 12.7 Å². The molecule has 3 aromatic carbocycles. The normalized spacial score (nSPS) is 20.1. The topological polar surface area (TPSA) is 82.7 Å². The summed E-state index contributed by atoms with van der Waals surface area (Å²) >= 11 is 0. The zero-order chi connectivity index (χ0) is 23.5. The van der Waals surface area contributed by atoms with Gasteiger partial charge in [0.2, 0.25) is 0 Å². The van der Waals surface area contributed by atoms with Gasteiger partial charge in [-0.2, -0.15) is 0 Å². The number of carboxylic acid groups (broad SMARTS) is 1. The highest BCUT2D eigenvalue weighted by Crippen LogP contribution is 2.52. The van der Waals surface area contributed by atoms with E-state index in [0.29, 0.717) is 23.8 Å². The van der Waals surface area contributed by atoms with Gasteiger partial charge in [-0.05, 0) is 73.4 Å². The molecular weight excluding hydrogens is 421 g/mol. The van der Waals surface area contributed by atoms with Gasteiger partial charge in [0.25, 0.3) is 0 Å². The number of aromatic carboxylic acids is 1. The minimum atomic E-state index is -1.01. The first-order chi connectivity index (χ1) is 15.7. The lowest BCUT2D eigenvalue weighted by atomic mass is 9.64. The van der Waals surface area contributed by atoms with Crippen LogP contribution in [0.1, 0.15) is 41.4 Å². The second-order valence-corrected chi connectivity index (χ2v) is 9.17. The number of aryl methyl sites for hydroxylation is 1. The van der Waals surface area contributed by atoms with E-state index in [2.05, 4.69) is 6.92 Å². The largest absolute Gasteiger partial charge is 0.507 e. The molecule has 4 aromatic rings. The van der Waals surface area contributed by atoms with Crippen molar-refractivity contribution in [2.75, 3.05) is 0 Å². The molecule has 1 fully saturated rings. The molecule has 6 heteroatoms. The predicted molar refractivity (Wildman–Crippen MR) is 125 cm³/mol. The predicted octanol–water partition coefficient (Wildman–Crippen LogP) is 5.56. The van der Waals surface area contributed by atoms with Crippen molar-refractivity contribution < 1.29 is 24.5 Å². The Balaban J connectivity index is 1.89. The zero-order valence-electron chi connectivity index (χ0n) is 18.3. The standard InChI is InChI=1S/C27H24FNO4/c1-15-12-18(10-11-20(15)28)29-21-4-3-5-22(31)24(21)23(25(29)27(2)13-19(30)14-27)16-6-8-17(9-7-16)26(32)33/h3-12,19,30-31H,13-14H2,1-2H3,(H,32,33). The van der Waals surface area contributed by atoms with E-state index in [9.17, 15) is 24.5 Å². The molecule has 0 amide bonds. The molecule has 33 heavy (non-hydrogen) atoms. The number of phenolic OH excluding ortho intramolecular Hbond substituents is 1. The maximum atomic E-state index is 14.1. The summed E-state index contributed by atoms with van der Waals surface area (Å²) in [6, 6.07) is 16.8. The van der Waals surface area contributed by atoms with Crippen molar-refractivity contribution >= 4 is 16.9 Å². The van der Waals surface area contributed by atoms with Crippen LogP contribution in [-0.4, -0.2) is 32.0 Å². The van der Waals surface area contributed by atoms with Gasteiger partial charge in [-0.3, -0.25) is 0 Å². The number of benzene rings is 3. The van der Waals surface area contributed by atoms with Crippen LogP contribution >= 0.6 is 0 Å². The summed E-state index contributed by atoms with van der Waals surface area (Å²) in [5.41, 5.74) is 4.26. The molecule has 168 valence electrons. The number of carbonyl (C=O) groups is 1. The van der Waals surface area contributed by atoms with E-state index < -0.39 is 17.5 Å². The first-order valence-electron chi connectivity index (χ1n) is 10.8. The van der Waals surface area contributed by atoms with Crippen molar-refractivity contribution in [2.45, 2.75) is 38.2 Å². The van der Waals surface area contributed by atoms with E-state index in [4.69, 9.17) is 0 Å². The first kappa shape index (κ1) is 21.2. The molecule has 3 N–H and O–H groups in total. The molecule has 0 radical (unpaired) electrons. The van der Waals surface area contributed by atoms with Crippen molar-refractivity contribution in [3.8, 4) is 22.6 Å². The number of nitrogens with zero attached hydrogens (tertiary/aromatic N) is 1. The minimum Gasteiger partial charge on any atom is -0.507 e. The number of phenols is 1. The fourth-order valence-electron chi connectivity index (χ4n) is 5.16. The summed E-state index contributed by atoms with van der Waals surface area (Å²) in [5.74, 6) is -1.20. The van der Waals surface area contributed by atoms with Gasteiger partial charge < -0.3 is 19.9 Å². The molecule has 0 unspecified atom stereocenters. The van der Waals surface area contributed by atoms with E-state index in [-0.39, 0.29) is 17.1 Å². The molecule has 1 saturated carbocycles. The molecule has 1 aliphatic carbocycles. The number of aliphatic hydroxyl groups is 1. The summed E-state index contributed by atoms with van der Waals surface area (Å²) < 4.78 is 16.1. The van der Waals surface area contributed by atoms with Gasteiger partial charge in [-0.25, -0.2) is 9.18 Å². The van der Waals surface area contributed by atoms with Gasteiger partial charge in [0, 0.05) is 27.7 Å². The quantitative estimate of drug-likeness (QED) is 0.384. The van der Waals surface area contributed by atoms with Gasteiger partial charge >= 0.3 is 5.97 Å². The van der Waals surface area contributed by atoms with E-state index in [1.165, 1.54) is 6.07 Å². The van der Waals surface area contributed by atoms with Crippen LogP contribution in [0.15, 0.2) is 60.7 Å². The zero-order valence-corrected chi connectivity index (χ0v) is 18.3. The number of aliphatic hydroxyl groups excluding tert-OH is 1. The van der Waals surface area contributed by atoms with Crippen molar-refractivity contribution in [3.05, 3.63) is 83.3 Å². The second kappa shape index (κ2) is 7.46. The third kappa shape index (κ3) is 3.29. The highest BCUT2D eigenvalue weighted by Gasteiger charge is 2.45. The van der Waals surface area contributed by atoms with Crippen molar-refractivity contribution in [2.24, 2.45) is 0 Å². The van der Waals surface area contributed by atoms with Gasteiger partial charge in [0.1, 0.15) is 11.6 Å². The Kier molecular flexibility index (Phi) is 4.79. The maximum Gasteiger partial charge on any atom is 0.335 e. The lowest BCUT2D eigenvalue weighted by Crippen LogP contribution is -2.43. The molecule has 5 nitrogen and oxygen atoms in total. The van der Waals surface area contributed by atoms with Gasteiger partial charge in [0.05, 0.1) is 17.2 Å². The fraction of sp³-hybridized carbons (Fsp3) is 0.222. The van der Waals surface area contributed by atoms with Crippen LogP contribution < -0.4 is 0 Å². The Morgan fingerprint density at radius 1 is 1.09 bits per heavy atom. The molecule has 1 aliphatic rings. The number of carboxylic acids is 1. The Morgan fingerprint density at radius 2 is 1.79 bits per heavy atom. The fourth-order valence-corrected chi connectivity index (χ4v) is 5.16. The number of hydrogen-bond acceptors (Lipinski definition) is 3. The molecular formula is C27H24FNO4. The number of rotatable bonds is 4. The summed E-state index contributed by atoms with van der Waals surface area (Å²) in [6.45, 7) is 3.79. The van der Waals surface area contributed by atoms with Crippen LogP contribution in [-0.2, 0) is 5.41 Å². The third-order valence-corrected chi connectivity index (χ3v) is 6.74. The summed E-state index contributed by atoms with van der Waals surface area (Å²) in [7, 11) is 0. The van der Waals surface area contributed by atoms with Crippen LogP contribution in [0.3, 0.4) is 0 Å². The van der Waals surface area contributed by atoms with Crippen molar-refractivity contribution in [3.63, 3.8) is 0 Å². The summed E-state index contributed by atoms with van der Waals surface area (Å²) in [4.78, 5) is 11.4. The smallest absolute Gasteiger partial charge is 0.335 e. The van der Waals surface area contributed by atoms with Crippen LogP contribution in [0.4, 0.5) is 4.39 Å². The van der Waals surface area contributed by atoms with E-state index in [1.807, 2.05) is 10.6 Å². The van der Waals surface area contributed by atoms with Gasteiger partial charge in [-0.1, -0.05) is 25.1 Å². The molecule has 5 rings (SSSR count). The molecule has 0 bridgehead atoms. The van der Waals surface area contributed by atoms with E-state index >= 15 is 0 Å². The molecule has 0 aliphatic heterocycles. The van der Waals surface area contributed by atoms with Crippen LogP contribution in [0.5, 0.6) is 5.75 Å². The van der Waals surface area contributed by atoms with Gasteiger partial charge in [0.15, 0.2) is 0 Å². The molecule has 1 aromatic heterocycles. The molecule has 0 saturated heterocycles. The summed E-state index contributed by atoms with van der Waals surface area (Å²) in [5, 5.41) is 31.1. The highest BCUT2D eigenvalue weighted by atomic mass is 19.1. The molecule has 1 heterocycles. The lowest BCUT2D eigenvalue weighted by Gasteiger charge is -2.44. The average molecular weight is 445 g/mol. The summed E-state index contributed by atoms with van der Waals surface area (Å²) in [6.07, 6.45) is 0.668. The average Bonchev–Trinajstić information content (AvgIpc) is 3.12. The van der Waals surface area contributed by atoms with Crippen LogP contribution in [0.2, 0.25) is 0 Å². The Bertz CT molecular complexity index is 1400. The molecule has 0 spiro atoms. The van der Waals surface area contributed by atoms with Crippen molar-refractivity contribution in [1.82, 2.24) is 4.57 Å². The van der Waals surface area contributed by atoms with Crippen LogP contribution in [0.25, 0.3) is 27.7 Å².